The molecule has 0 saturated heterocycles. The fourth-order valence-electron chi connectivity index (χ4n) is 2.29. The Morgan fingerprint density at radius 3 is 2.77 bits per heavy atom. The number of H-pyrrole nitrogens is 1. The Labute approximate surface area is 133 Å². The molecule has 112 valence electrons. The maximum absolute atomic E-state index is 12.4. The first-order valence-electron chi connectivity index (χ1n) is 6.81. The highest BCUT2D eigenvalue weighted by Gasteiger charge is 2.13. The highest BCUT2D eigenvalue weighted by molar-refractivity contribution is 6.31. The Balaban J connectivity index is 1.90. The van der Waals surface area contributed by atoms with E-state index < -0.39 is 0 Å². The Morgan fingerprint density at radius 2 is 2.05 bits per heavy atom. The molecule has 1 aromatic heterocycles. The van der Waals surface area contributed by atoms with E-state index in [1.807, 2.05) is 37.3 Å². The molecular weight excluding hydrogens is 300 g/mol. The quantitative estimate of drug-likeness (QED) is 0.753. The number of nitrogens with one attached hydrogen (secondary N) is 2. The van der Waals surface area contributed by atoms with Crippen LogP contribution in [0.15, 0.2) is 42.6 Å². The third-order valence-corrected chi connectivity index (χ3v) is 3.97. The molecule has 2 aromatic carbocycles. The van der Waals surface area contributed by atoms with Crippen molar-refractivity contribution in [2.75, 3.05) is 12.4 Å². The number of anilines is 1. The van der Waals surface area contributed by atoms with Crippen LogP contribution in [-0.4, -0.2) is 18.0 Å². The fraction of sp³-hybridized carbons (Fsp3) is 0.118. The van der Waals surface area contributed by atoms with Gasteiger partial charge in [-0.1, -0.05) is 17.7 Å². The second-order valence-electron chi connectivity index (χ2n) is 5.03. The van der Waals surface area contributed by atoms with E-state index in [-0.39, 0.29) is 5.91 Å². The second-order valence-corrected chi connectivity index (χ2v) is 5.44. The molecule has 3 aromatic rings. The summed E-state index contributed by atoms with van der Waals surface area (Å²) in [6.45, 7) is 1.92. The van der Waals surface area contributed by atoms with Gasteiger partial charge in [-0.15, -0.1) is 0 Å². The largest absolute Gasteiger partial charge is 0.497 e. The maximum atomic E-state index is 12.4. The van der Waals surface area contributed by atoms with Gasteiger partial charge in [-0.3, -0.25) is 4.79 Å². The van der Waals surface area contributed by atoms with Gasteiger partial charge in [0.25, 0.3) is 5.91 Å². The predicted molar refractivity (Wildman–Crippen MR) is 89.0 cm³/mol. The zero-order chi connectivity index (χ0) is 15.7. The molecule has 0 fully saturated rings. The lowest BCUT2D eigenvalue weighted by molar-refractivity contribution is 0.102. The van der Waals surface area contributed by atoms with Crippen LogP contribution in [-0.2, 0) is 0 Å². The standard InChI is InChI=1S/C17H15ClN2O2/c1-10-3-4-11(7-15(10)18)20-17(21)14-9-19-16-8-12(22-2)5-6-13(14)16/h3-9,19H,1-2H3,(H,20,21). The normalized spacial score (nSPS) is 10.7. The molecule has 1 heterocycles. The molecule has 3 rings (SSSR count). The van der Waals surface area contributed by atoms with Crippen molar-refractivity contribution in [1.29, 1.82) is 0 Å². The van der Waals surface area contributed by atoms with Gasteiger partial charge in [0.15, 0.2) is 0 Å². The minimum absolute atomic E-state index is 0.184. The van der Waals surface area contributed by atoms with Crippen LogP contribution < -0.4 is 10.1 Å². The number of aromatic nitrogens is 1. The molecule has 0 saturated carbocycles. The molecule has 0 aliphatic heterocycles. The van der Waals surface area contributed by atoms with Gasteiger partial charge in [0, 0.05) is 33.9 Å². The van der Waals surface area contributed by atoms with Crippen LogP contribution in [0.4, 0.5) is 5.69 Å². The molecule has 0 aliphatic rings. The third kappa shape index (κ3) is 2.65. The van der Waals surface area contributed by atoms with E-state index in [0.29, 0.717) is 16.3 Å². The van der Waals surface area contributed by atoms with Crippen LogP contribution in [0, 0.1) is 6.92 Å². The van der Waals surface area contributed by atoms with E-state index in [2.05, 4.69) is 10.3 Å². The van der Waals surface area contributed by atoms with Gasteiger partial charge in [-0.05, 0) is 36.8 Å². The first kappa shape index (κ1) is 14.5. The van der Waals surface area contributed by atoms with Crippen molar-refractivity contribution in [3.63, 3.8) is 0 Å². The number of aromatic amines is 1. The first-order chi connectivity index (χ1) is 10.6. The summed E-state index contributed by atoms with van der Waals surface area (Å²) >= 11 is 6.08. The molecule has 0 atom stereocenters. The van der Waals surface area contributed by atoms with E-state index in [1.54, 1.807) is 19.4 Å². The number of carbonyl (C=O) groups is 1. The number of amides is 1. The zero-order valence-corrected chi connectivity index (χ0v) is 13.0. The van der Waals surface area contributed by atoms with E-state index in [0.717, 1.165) is 22.2 Å². The maximum Gasteiger partial charge on any atom is 0.257 e. The van der Waals surface area contributed by atoms with Gasteiger partial charge in [0.2, 0.25) is 0 Å². The minimum atomic E-state index is -0.184. The van der Waals surface area contributed by atoms with Crippen molar-refractivity contribution in [2.45, 2.75) is 6.92 Å². The zero-order valence-electron chi connectivity index (χ0n) is 12.2. The van der Waals surface area contributed by atoms with Gasteiger partial charge in [-0.25, -0.2) is 0 Å². The SMILES string of the molecule is COc1ccc2c(C(=O)Nc3ccc(C)c(Cl)c3)c[nH]c2c1. The van der Waals surface area contributed by atoms with Gasteiger partial charge in [0.1, 0.15) is 5.75 Å². The summed E-state index contributed by atoms with van der Waals surface area (Å²) in [7, 11) is 1.61. The summed E-state index contributed by atoms with van der Waals surface area (Å²) in [5.74, 6) is 0.558. The van der Waals surface area contributed by atoms with Crippen LogP contribution in [0.25, 0.3) is 10.9 Å². The number of halogens is 1. The highest BCUT2D eigenvalue weighted by Crippen LogP contribution is 2.25. The molecule has 1 amide bonds. The molecule has 2 N–H and O–H groups in total. The summed E-state index contributed by atoms with van der Waals surface area (Å²) in [4.78, 5) is 15.5. The van der Waals surface area contributed by atoms with E-state index in [4.69, 9.17) is 16.3 Å². The molecule has 0 aliphatic carbocycles. The lowest BCUT2D eigenvalue weighted by atomic mass is 10.1. The molecule has 0 radical (unpaired) electrons. The monoisotopic (exact) mass is 314 g/mol. The Kier molecular flexibility index (Phi) is 3.77. The van der Waals surface area contributed by atoms with Crippen LogP contribution >= 0.6 is 11.6 Å². The van der Waals surface area contributed by atoms with Crippen LogP contribution in [0.5, 0.6) is 5.75 Å². The van der Waals surface area contributed by atoms with E-state index in [9.17, 15) is 4.79 Å². The summed E-state index contributed by atoms with van der Waals surface area (Å²) in [6, 6.07) is 11.0. The lowest BCUT2D eigenvalue weighted by Gasteiger charge is -2.06. The van der Waals surface area contributed by atoms with Gasteiger partial charge in [0.05, 0.1) is 12.7 Å². The summed E-state index contributed by atoms with van der Waals surface area (Å²) in [5, 5.41) is 4.33. The highest BCUT2D eigenvalue weighted by atomic mass is 35.5. The number of carbonyl (C=O) groups excluding carboxylic acids is 1. The molecular formula is C17H15ClN2O2. The van der Waals surface area contributed by atoms with E-state index in [1.165, 1.54) is 0 Å². The van der Waals surface area contributed by atoms with Crippen molar-refractivity contribution in [3.05, 3.63) is 58.7 Å². The third-order valence-electron chi connectivity index (χ3n) is 3.56. The fourth-order valence-corrected chi connectivity index (χ4v) is 2.47. The summed E-state index contributed by atoms with van der Waals surface area (Å²) < 4.78 is 5.18. The van der Waals surface area contributed by atoms with Crippen molar-refractivity contribution < 1.29 is 9.53 Å². The topological polar surface area (TPSA) is 54.1 Å². The average molecular weight is 315 g/mol. The number of aryl methyl sites for hydroxylation is 1. The molecule has 4 nitrogen and oxygen atoms in total. The minimum Gasteiger partial charge on any atom is -0.497 e. The number of ether oxygens (including phenoxy) is 1. The first-order valence-corrected chi connectivity index (χ1v) is 7.19. The van der Waals surface area contributed by atoms with Gasteiger partial charge < -0.3 is 15.0 Å². The number of hydrogen-bond donors (Lipinski definition) is 2. The van der Waals surface area contributed by atoms with Crippen LogP contribution in [0.3, 0.4) is 0 Å². The van der Waals surface area contributed by atoms with Gasteiger partial charge in [-0.2, -0.15) is 0 Å². The Morgan fingerprint density at radius 1 is 1.23 bits per heavy atom. The van der Waals surface area contributed by atoms with Crippen molar-refractivity contribution in [2.24, 2.45) is 0 Å². The Bertz CT molecular complexity index is 855. The lowest BCUT2D eigenvalue weighted by Crippen LogP contribution is -2.11. The van der Waals surface area contributed by atoms with Gasteiger partial charge >= 0.3 is 0 Å². The molecule has 0 unspecified atom stereocenters. The number of methoxy groups -OCH3 is 1. The average Bonchev–Trinajstić information content (AvgIpc) is 2.94. The van der Waals surface area contributed by atoms with Crippen LogP contribution in [0.2, 0.25) is 5.02 Å². The number of benzene rings is 2. The smallest absolute Gasteiger partial charge is 0.257 e. The Hall–Kier alpha value is -2.46. The summed E-state index contributed by atoms with van der Waals surface area (Å²) in [6.07, 6.45) is 1.69. The molecule has 0 bridgehead atoms. The number of rotatable bonds is 3. The van der Waals surface area contributed by atoms with Crippen molar-refractivity contribution >= 4 is 34.1 Å². The predicted octanol–water partition coefficient (Wildman–Crippen LogP) is 4.39. The molecule has 5 heteroatoms. The van der Waals surface area contributed by atoms with E-state index >= 15 is 0 Å². The molecule has 0 spiro atoms. The van der Waals surface area contributed by atoms with Crippen molar-refractivity contribution in [1.82, 2.24) is 4.98 Å². The molecule has 22 heavy (non-hydrogen) atoms. The number of fused-ring (bicyclic) bond motifs is 1. The number of hydrogen-bond acceptors (Lipinski definition) is 2. The van der Waals surface area contributed by atoms with Crippen LogP contribution in [0.1, 0.15) is 15.9 Å². The summed E-state index contributed by atoms with van der Waals surface area (Å²) in [5.41, 5.74) is 3.07. The van der Waals surface area contributed by atoms with Crippen molar-refractivity contribution in [3.8, 4) is 5.75 Å². The second kappa shape index (κ2) is 5.73.